The van der Waals surface area contributed by atoms with Gasteiger partial charge in [0.05, 0.1) is 47.8 Å². The lowest BCUT2D eigenvalue weighted by Crippen LogP contribution is -2.41. The Labute approximate surface area is 294 Å². The summed E-state index contributed by atoms with van der Waals surface area (Å²) >= 11 is 3.20. The average Bonchev–Trinajstić information content (AvgIpc) is 3.46. The van der Waals surface area contributed by atoms with Gasteiger partial charge in [0.25, 0.3) is 0 Å². The van der Waals surface area contributed by atoms with Crippen LogP contribution in [0.25, 0.3) is 0 Å². The van der Waals surface area contributed by atoms with E-state index in [-0.39, 0.29) is 22.4 Å². The molecule has 0 atom stereocenters. The molecule has 3 aliphatic rings. The third-order valence-electron chi connectivity index (χ3n) is 9.61. The minimum atomic E-state index is -0.518. The Morgan fingerprint density at radius 1 is 0.583 bits per heavy atom. The fraction of sp³-hybridized carbons (Fsp3) is 0.625. The number of hydrogen-bond donors (Lipinski definition) is 0. The Morgan fingerprint density at radius 3 is 1.27 bits per heavy atom. The molecule has 2 aromatic heterocycles. The summed E-state index contributed by atoms with van der Waals surface area (Å²) in [6, 6.07) is 7.37. The van der Waals surface area contributed by atoms with Crippen LogP contribution < -0.4 is 14.9 Å². The van der Waals surface area contributed by atoms with Gasteiger partial charge in [0.2, 0.25) is 11.8 Å². The summed E-state index contributed by atoms with van der Waals surface area (Å²) in [5.41, 5.74) is -0.743. The quantitative estimate of drug-likeness (QED) is 0.380. The van der Waals surface area contributed by atoms with Crippen LogP contribution in [0.5, 0.6) is 11.8 Å². The smallest absolute Gasteiger partial charge is 0.480 e. The first-order valence-electron chi connectivity index (χ1n) is 15.6. The van der Waals surface area contributed by atoms with E-state index in [0.717, 1.165) is 9.94 Å². The maximum absolute atomic E-state index is 9.07. The van der Waals surface area contributed by atoms with Gasteiger partial charge in [-0.3, -0.25) is 0 Å². The predicted molar refractivity (Wildman–Crippen MR) is 187 cm³/mol. The zero-order valence-corrected chi connectivity index (χ0v) is 32.1. The van der Waals surface area contributed by atoms with Gasteiger partial charge in [-0.25, -0.2) is 9.97 Å². The van der Waals surface area contributed by atoms with Gasteiger partial charge in [-0.2, -0.15) is 10.5 Å². The molecular weight excluding hydrogens is 681 g/mol. The van der Waals surface area contributed by atoms with Crippen molar-refractivity contribution in [2.45, 2.75) is 117 Å². The van der Waals surface area contributed by atoms with Gasteiger partial charge in [-0.15, -0.1) is 0 Å². The molecule has 0 spiro atoms. The molecule has 3 aliphatic heterocycles. The summed E-state index contributed by atoms with van der Waals surface area (Å²) in [5, 5.41) is 17.7. The number of hydrogen-bond acceptors (Lipinski definition) is 12. The van der Waals surface area contributed by atoms with Crippen molar-refractivity contribution >= 4 is 42.5 Å². The first kappa shape index (κ1) is 39.8. The number of nitrogens with zero attached hydrogens (tertiary/aromatic N) is 4. The predicted octanol–water partition coefficient (Wildman–Crippen LogP) is 5.23. The van der Waals surface area contributed by atoms with Crippen molar-refractivity contribution in [3.63, 3.8) is 0 Å². The summed E-state index contributed by atoms with van der Waals surface area (Å²) < 4.78 is 46.3. The van der Waals surface area contributed by atoms with E-state index in [9.17, 15) is 0 Å². The van der Waals surface area contributed by atoms with Crippen molar-refractivity contribution in [1.82, 2.24) is 9.97 Å². The number of rotatable bonds is 4. The van der Waals surface area contributed by atoms with E-state index in [1.54, 1.807) is 24.5 Å². The highest BCUT2D eigenvalue weighted by Crippen LogP contribution is 2.43. The third-order valence-corrected chi connectivity index (χ3v) is 10.0. The SMILES string of the molecule is CC1(C)OB(B2OC(C)(C)C(C)(C)O2)OC1(C)C.COc1ncc(B2OC(C)(C)C(C)(C)O2)cc1C#N.COc1ncc(Br)cc1C#N. The molecule has 0 N–H and O–H groups in total. The zero-order chi connectivity index (χ0) is 36.5. The highest BCUT2D eigenvalue weighted by atomic mass is 79.9. The van der Waals surface area contributed by atoms with Crippen molar-refractivity contribution in [3.8, 4) is 23.9 Å². The molecule has 0 aromatic carbocycles. The van der Waals surface area contributed by atoms with Crippen LogP contribution in [-0.4, -0.2) is 78.9 Å². The topological polar surface area (TPSA) is 147 Å². The molecule has 16 heteroatoms. The summed E-state index contributed by atoms with van der Waals surface area (Å²) in [7, 11) is 1.50. The lowest BCUT2D eigenvalue weighted by atomic mass is 9.49. The Kier molecular flexibility index (Phi) is 11.8. The zero-order valence-electron chi connectivity index (χ0n) is 30.5. The number of aromatic nitrogens is 2. The van der Waals surface area contributed by atoms with Gasteiger partial charge in [0.1, 0.15) is 23.3 Å². The van der Waals surface area contributed by atoms with Crippen LogP contribution in [0, 0.1) is 22.7 Å². The van der Waals surface area contributed by atoms with Crippen LogP contribution in [0.4, 0.5) is 0 Å². The van der Waals surface area contributed by atoms with Crippen LogP contribution in [0.3, 0.4) is 0 Å². The molecule has 48 heavy (non-hydrogen) atoms. The Hall–Kier alpha value is -2.69. The van der Waals surface area contributed by atoms with Gasteiger partial charge < -0.3 is 37.4 Å². The lowest BCUT2D eigenvalue weighted by molar-refractivity contribution is 0.00578. The normalized spacial score (nSPS) is 22.0. The second-order valence-electron chi connectivity index (χ2n) is 14.6. The second-order valence-corrected chi connectivity index (χ2v) is 15.5. The van der Waals surface area contributed by atoms with E-state index in [2.05, 4.69) is 32.0 Å². The Balaban J connectivity index is 0.000000203. The van der Waals surface area contributed by atoms with Crippen LogP contribution >= 0.6 is 15.9 Å². The maximum atomic E-state index is 9.07. The van der Waals surface area contributed by atoms with E-state index in [4.69, 9.17) is 47.9 Å². The molecule has 12 nitrogen and oxygen atoms in total. The molecule has 2 aromatic rings. The van der Waals surface area contributed by atoms with Crippen LogP contribution in [0.2, 0.25) is 0 Å². The molecule has 0 amide bonds. The first-order chi connectivity index (χ1) is 22.0. The van der Waals surface area contributed by atoms with Crippen molar-refractivity contribution in [2.24, 2.45) is 0 Å². The van der Waals surface area contributed by atoms with E-state index in [1.165, 1.54) is 14.2 Å². The largest absolute Gasteiger partial charge is 0.496 e. The summed E-state index contributed by atoms with van der Waals surface area (Å²) in [6.45, 7) is 24.1. The van der Waals surface area contributed by atoms with Crippen LogP contribution in [0.1, 0.15) is 94.2 Å². The number of methoxy groups -OCH3 is 2. The number of ether oxygens (including phenoxy) is 2. The van der Waals surface area contributed by atoms with Crippen molar-refractivity contribution in [2.75, 3.05) is 14.2 Å². The molecule has 0 unspecified atom stereocenters. The molecule has 258 valence electrons. The van der Waals surface area contributed by atoms with Gasteiger partial charge >= 0.3 is 21.1 Å². The molecule has 5 rings (SSSR count). The Morgan fingerprint density at radius 2 is 0.917 bits per heavy atom. The fourth-order valence-electron chi connectivity index (χ4n) is 4.49. The standard InChI is InChI=1S/C13H17BN2O3.C12H24B2O4.C7H5BrN2O/c1-12(2)13(3,4)19-14(18-12)10-6-9(7-15)11(17-5)16-8-10;1-9(2)10(3,4)16-13(15-9)14-17-11(5,6)12(7,8)18-14;1-11-7-5(3-9)2-6(8)4-10-7/h6,8H,1-5H3;1-8H3;2,4H,1H3. The fourth-order valence-corrected chi connectivity index (χ4v) is 4.82. The molecule has 0 saturated carbocycles. The van der Waals surface area contributed by atoms with E-state index >= 15 is 0 Å². The van der Waals surface area contributed by atoms with Gasteiger partial charge in [0, 0.05) is 22.3 Å². The third kappa shape index (κ3) is 8.36. The van der Waals surface area contributed by atoms with Crippen molar-refractivity contribution < 1.29 is 37.4 Å². The second kappa shape index (κ2) is 14.3. The van der Waals surface area contributed by atoms with Crippen molar-refractivity contribution in [3.05, 3.63) is 40.1 Å². The number of pyridine rings is 2. The van der Waals surface area contributed by atoms with E-state index in [1.807, 2.05) is 89.2 Å². The van der Waals surface area contributed by atoms with E-state index < -0.39 is 32.3 Å². The van der Waals surface area contributed by atoms with Crippen molar-refractivity contribution in [1.29, 1.82) is 10.5 Å². The highest BCUT2D eigenvalue weighted by Gasteiger charge is 2.63. The van der Waals surface area contributed by atoms with Gasteiger partial charge in [-0.05, 0) is 111 Å². The minimum Gasteiger partial charge on any atom is -0.480 e. The van der Waals surface area contributed by atoms with Gasteiger partial charge in [0.15, 0.2) is 0 Å². The number of nitriles is 2. The summed E-state index contributed by atoms with van der Waals surface area (Å²) in [5.74, 6) is 0.665. The number of halogens is 1. The summed E-state index contributed by atoms with van der Waals surface area (Å²) in [4.78, 5) is 7.98. The molecule has 0 bridgehead atoms. The molecule has 0 aliphatic carbocycles. The van der Waals surface area contributed by atoms with Gasteiger partial charge in [-0.1, -0.05) is 0 Å². The summed E-state index contributed by atoms with van der Waals surface area (Å²) in [6.07, 6.45) is 3.20. The minimum absolute atomic E-state index is 0.308. The first-order valence-corrected chi connectivity index (χ1v) is 16.4. The molecule has 3 fully saturated rings. The van der Waals surface area contributed by atoms with Crippen LogP contribution in [0.15, 0.2) is 29.0 Å². The average molecular weight is 727 g/mol. The molecular formula is C32H46B3BrN4O8. The molecule has 0 radical (unpaired) electrons. The lowest BCUT2D eigenvalue weighted by Gasteiger charge is -2.32. The Bertz CT molecular complexity index is 1480. The molecule has 3 saturated heterocycles. The van der Waals surface area contributed by atoms with Crippen LogP contribution in [-0.2, 0) is 27.9 Å². The monoisotopic (exact) mass is 726 g/mol. The highest BCUT2D eigenvalue weighted by molar-refractivity contribution is 9.10. The molecule has 5 heterocycles. The maximum Gasteiger partial charge on any atom is 0.496 e. The van der Waals surface area contributed by atoms with E-state index in [0.29, 0.717) is 22.9 Å².